The van der Waals surface area contributed by atoms with E-state index >= 15 is 0 Å². The second-order valence-corrected chi connectivity index (χ2v) is 3.95. The molecule has 0 saturated carbocycles. The van der Waals surface area contributed by atoms with Crippen LogP contribution in [0.15, 0.2) is 30.3 Å². The minimum Gasteiger partial charge on any atom is -0.479 e. The molecule has 0 aliphatic rings. The Morgan fingerprint density at radius 3 is 2.67 bits per heavy atom. The van der Waals surface area contributed by atoms with Crippen LogP contribution in [0.3, 0.4) is 0 Å². The van der Waals surface area contributed by atoms with Gasteiger partial charge in [0.25, 0.3) is 0 Å². The zero-order chi connectivity index (χ0) is 13.2. The zero-order valence-corrected chi connectivity index (χ0v) is 10.7. The summed E-state index contributed by atoms with van der Waals surface area (Å²) in [6.45, 7) is 2.80. The maximum atomic E-state index is 10.8. The van der Waals surface area contributed by atoms with E-state index in [0.29, 0.717) is 13.2 Å². The molecule has 1 N–H and O–H groups in total. The number of hydrogen-bond donors (Lipinski definition) is 1. The van der Waals surface area contributed by atoms with Gasteiger partial charge in [0.2, 0.25) is 0 Å². The van der Waals surface area contributed by atoms with E-state index < -0.39 is 12.1 Å². The normalized spacial score (nSPS) is 12.3. The number of aliphatic carboxylic acids is 1. The minimum atomic E-state index is -0.972. The van der Waals surface area contributed by atoms with E-state index in [1.807, 2.05) is 18.2 Å². The van der Waals surface area contributed by atoms with Crippen LogP contribution in [0.25, 0.3) is 0 Å². The van der Waals surface area contributed by atoms with Crippen LogP contribution >= 0.6 is 0 Å². The van der Waals surface area contributed by atoms with E-state index in [2.05, 4.69) is 12.1 Å². The van der Waals surface area contributed by atoms with Gasteiger partial charge in [-0.2, -0.15) is 0 Å². The summed E-state index contributed by atoms with van der Waals surface area (Å²) < 4.78 is 10.4. The van der Waals surface area contributed by atoms with Crippen LogP contribution in [-0.2, 0) is 20.7 Å². The summed E-state index contributed by atoms with van der Waals surface area (Å²) in [7, 11) is 0. The van der Waals surface area contributed by atoms with Gasteiger partial charge >= 0.3 is 5.97 Å². The van der Waals surface area contributed by atoms with Crippen LogP contribution in [0, 0.1) is 0 Å². The Morgan fingerprint density at radius 1 is 1.33 bits per heavy atom. The lowest BCUT2D eigenvalue weighted by atomic mass is 10.1. The van der Waals surface area contributed by atoms with Crippen LogP contribution in [0.5, 0.6) is 0 Å². The highest BCUT2D eigenvalue weighted by molar-refractivity contribution is 5.72. The number of carboxylic acid groups (broad SMARTS) is 1. The molecule has 0 radical (unpaired) electrons. The van der Waals surface area contributed by atoms with Crippen LogP contribution in [0.4, 0.5) is 0 Å². The maximum absolute atomic E-state index is 10.8. The maximum Gasteiger partial charge on any atom is 0.335 e. The van der Waals surface area contributed by atoms with E-state index in [4.69, 9.17) is 14.6 Å². The molecule has 0 amide bonds. The van der Waals surface area contributed by atoms with Crippen molar-refractivity contribution in [3.05, 3.63) is 35.9 Å². The fourth-order valence-corrected chi connectivity index (χ4v) is 1.61. The van der Waals surface area contributed by atoms with Crippen molar-refractivity contribution in [3.63, 3.8) is 0 Å². The smallest absolute Gasteiger partial charge is 0.335 e. The third-order valence-corrected chi connectivity index (χ3v) is 2.51. The van der Waals surface area contributed by atoms with Gasteiger partial charge < -0.3 is 14.6 Å². The Labute approximate surface area is 108 Å². The molecule has 100 valence electrons. The molecule has 0 aliphatic carbocycles. The van der Waals surface area contributed by atoms with Gasteiger partial charge in [-0.25, -0.2) is 4.79 Å². The van der Waals surface area contributed by atoms with Gasteiger partial charge in [-0.15, -0.1) is 0 Å². The Morgan fingerprint density at radius 2 is 2.06 bits per heavy atom. The molecule has 18 heavy (non-hydrogen) atoms. The third-order valence-electron chi connectivity index (χ3n) is 2.51. The molecule has 4 nitrogen and oxygen atoms in total. The van der Waals surface area contributed by atoms with Crippen LogP contribution in [0.1, 0.15) is 18.9 Å². The lowest BCUT2D eigenvalue weighted by molar-refractivity contribution is -0.154. The van der Waals surface area contributed by atoms with Crippen LogP contribution < -0.4 is 0 Å². The van der Waals surface area contributed by atoms with Gasteiger partial charge in [-0.05, 0) is 25.3 Å². The molecule has 1 aromatic rings. The number of aryl methyl sites for hydroxylation is 1. The highest BCUT2D eigenvalue weighted by atomic mass is 16.5. The molecule has 0 bridgehead atoms. The van der Waals surface area contributed by atoms with E-state index in [1.165, 1.54) is 5.56 Å². The van der Waals surface area contributed by atoms with Gasteiger partial charge in [0.05, 0.1) is 6.61 Å². The summed E-state index contributed by atoms with van der Waals surface area (Å²) in [5, 5.41) is 8.83. The fraction of sp³-hybridized carbons (Fsp3) is 0.500. The van der Waals surface area contributed by atoms with Crippen LogP contribution in [-0.4, -0.2) is 37.0 Å². The summed E-state index contributed by atoms with van der Waals surface area (Å²) in [4.78, 5) is 10.8. The number of carbonyl (C=O) groups is 1. The summed E-state index contributed by atoms with van der Waals surface area (Å²) in [6, 6.07) is 10.1. The SMILES string of the molecule is CCOC(COCCCc1ccccc1)C(=O)O. The lowest BCUT2D eigenvalue weighted by Gasteiger charge is -2.12. The van der Waals surface area contributed by atoms with Gasteiger partial charge in [-0.3, -0.25) is 0 Å². The molecule has 1 rings (SSSR count). The topological polar surface area (TPSA) is 55.8 Å². The minimum absolute atomic E-state index is 0.109. The second-order valence-electron chi connectivity index (χ2n) is 3.95. The third kappa shape index (κ3) is 5.80. The number of rotatable bonds is 9. The average molecular weight is 252 g/mol. The van der Waals surface area contributed by atoms with Crippen molar-refractivity contribution in [3.8, 4) is 0 Å². The van der Waals surface area contributed by atoms with Crippen molar-refractivity contribution in [1.82, 2.24) is 0 Å². The van der Waals surface area contributed by atoms with Crippen LogP contribution in [0.2, 0.25) is 0 Å². The first kappa shape index (κ1) is 14.7. The van der Waals surface area contributed by atoms with Crippen molar-refractivity contribution in [2.75, 3.05) is 19.8 Å². The second kappa shape index (κ2) is 8.66. The highest BCUT2D eigenvalue weighted by Gasteiger charge is 2.16. The first-order chi connectivity index (χ1) is 8.74. The molecular formula is C14H20O4. The average Bonchev–Trinajstić information content (AvgIpc) is 2.38. The van der Waals surface area contributed by atoms with Gasteiger partial charge in [0.1, 0.15) is 0 Å². The Balaban J connectivity index is 2.12. The van der Waals surface area contributed by atoms with Crippen molar-refractivity contribution in [2.24, 2.45) is 0 Å². The molecule has 0 heterocycles. The molecule has 0 fully saturated rings. The Hall–Kier alpha value is -1.39. The zero-order valence-electron chi connectivity index (χ0n) is 10.7. The van der Waals surface area contributed by atoms with Crippen molar-refractivity contribution < 1.29 is 19.4 Å². The highest BCUT2D eigenvalue weighted by Crippen LogP contribution is 2.03. The molecule has 1 unspecified atom stereocenters. The van der Waals surface area contributed by atoms with Crippen molar-refractivity contribution >= 4 is 5.97 Å². The number of benzene rings is 1. The number of carboxylic acids is 1. The first-order valence-electron chi connectivity index (χ1n) is 6.20. The summed E-state index contributed by atoms with van der Waals surface area (Å²) >= 11 is 0. The summed E-state index contributed by atoms with van der Waals surface area (Å²) in [5.74, 6) is -0.972. The Bertz CT molecular complexity index is 337. The van der Waals surface area contributed by atoms with E-state index in [-0.39, 0.29) is 6.61 Å². The first-order valence-corrected chi connectivity index (χ1v) is 6.20. The molecule has 0 aromatic heterocycles. The van der Waals surface area contributed by atoms with Crippen molar-refractivity contribution in [1.29, 1.82) is 0 Å². The standard InChI is InChI=1S/C14H20O4/c1-2-18-13(14(15)16)11-17-10-6-9-12-7-4-3-5-8-12/h3-5,7-8,13H,2,6,9-11H2,1H3,(H,15,16). The molecule has 0 aliphatic heterocycles. The monoisotopic (exact) mass is 252 g/mol. The predicted octanol–water partition coefficient (Wildman–Crippen LogP) is 2.13. The van der Waals surface area contributed by atoms with Gasteiger partial charge in [0.15, 0.2) is 6.10 Å². The fourth-order valence-electron chi connectivity index (χ4n) is 1.61. The lowest BCUT2D eigenvalue weighted by Crippen LogP contribution is -2.29. The number of hydrogen-bond acceptors (Lipinski definition) is 3. The van der Waals surface area contributed by atoms with Gasteiger partial charge in [-0.1, -0.05) is 30.3 Å². The molecular weight excluding hydrogens is 232 g/mol. The van der Waals surface area contributed by atoms with Gasteiger partial charge in [0, 0.05) is 13.2 Å². The van der Waals surface area contributed by atoms with E-state index in [9.17, 15) is 4.79 Å². The number of ether oxygens (including phenoxy) is 2. The Kier molecular flexibility index (Phi) is 7.06. The largest absolute Gasteiger partial charge is 0.479 e. The van der Waals surface area contributed by atoms with E-state index in [1.54, 1.807) is 6.92 Å². The molecule has 0 saturated heterocycles. The molecule has 1 aromatic carbocycles. The summed E-state index contributed by atoms with van der Waals surface area (Å²) in [5.41, 5.74) is 1.26. The molecule has 1 atom stereocenters. The molecule has 4 heteroatoms. The quantitative estimate of drug-likeness (QED) is 0.684. The van der Waals surface area contributed by atoms with E-state index in [0.717, 1.165) is 12.8 Å². The van der Waals surface area contributed by atoms with Crippen molar-refractivity contribution in [2.45, 2.75) is 25.9 Å². The predicted molar refractivity (Wildman–Crippen MR) is 68.6 cm³/mol. The molecule has 0 spiro atoms. The summed E-state index contributed by atoms with van der Waals surface area (Å²) in [6.07, 6.45) is 0.960.